The van der Waals surface area contributed by atoms with Gasteiger partial charge < -0.3 is 35.1 Å². The number of aliphatic hydroxyl groups is 1. The SMILES string of the molecule is CC(C)C1=C2[C@H]3CC[C@@H]4[C@@]5(C)CC[C@H](OC(=O)[C@H]6C[C@@H](C(=O)O)C6(C)C)C(C)(C)[C@@H]5CC[C@@]4(C)[C@]3(C)CC[C@@]2([C@@H](O)CNCC(C)(C)NC(=O)c2ccc(Cl)cc2O[C@H]2CCOC2)CC1=O. The van der Waals surface area contributed by atoms with Gasteiger partial charge in [-0.05, 0) is 141 Å². The second-order valence-electron chi connectivity index (χ2n) is 24.9. The van der Waals surface area contributed by atoms with Crippen molar-refractivity contribution in [3.05, 3.63) is 39.9 Å². The number of rotatable bonds is 13. The zero-order chi connectivity index (χ0) is 48.2. The van der Waals surface area contributed by atoms with Gasteiger partial charge in [-0.1, -0.05) is 79.5 Å². The number of ketones is 1. The lowest BCUT2D eigenvalue weighted by Gasteiger charge is -2.72. The largest absolute Gasteiger partial charge is 0.487 e. The van der Waals surface area contributed by atoms with Crippen LogP contribution in [-0.4, -0.2) is 84.0 Å². The van der Waals surface area contributed by atoms with Crippen LogP contribution in [0.1, 0.15) is 157 Å². The molecule has 6 aliphatic carbocycles. The molecule has 0 spiro atoms. The van der Waals surface area contributed by atoms with Crippen molar-refractivity contribution in [1.82, 2.24) is 10.6 Å². The number of Topliss-reactive ketones (excluding diaryl/α,β-unsaturated/α-hetero) is 1. The lowest BCUT2D eigenvalue weighted by Crippen LogP contribution is -2.66. The smallest absolute Gasteiger partial charge is 0.309 e. The Kier molecular flexibility index (Phi) is 12.8. The maximum Gasteiger partial charge on any atom is 0.309 e. The number of esters is 1. The van der Waals surface area contributed by atoms with Gasteiger partial charge in [0.2, 0.25) is 0 Å². The number of aliphatic carboxylic acids is 1. The van der Waals surface area contributed by atoms with E-state index < -0.39 is 40.3 Å². The van der Waals surface area contributed by atoms with Crippen LogP contribution in [-0.2, 0) is 23.9 Å². The molecule has 12 heteroatoms. The van der Waals surface area contributed by atoms with Crippen molar-refractivity contribution in [2.45, 2.75) is 171 Å². The topological polar surface area (TPSA) is 160 Å². The zero-order valence-corrected chi connectivity index (χ0v) is 42.4. The fourth-order valence-electron chi connectivity index (χ4n) is 15.9. The Hall–Kier alpha value is -2.99. The van der Waals surface area contributed by atoms with Crippen molar-refractivity contribution in [2.24, 2.45) is 68.0 Å². The van der Waals surface area contributed by atoms with Gasteiger partial charge in [-0.3, -0.25) is 19.2 Å². The Bertz CT molecular complexity index is 2140. The molecule has 0 bridgehead atoms. The Labute approximate surface area is 398 Å². The van der Waals surface area contributed by atoms with Gasteiger partial charge in [0.1, 0.15) is 18.0 Å². The summed E-state index contributed by atoms with van der Waals surface area (Å²) in [6.07, 6.45) is 7.83. The molecule has 1 aromatic carbocycles. The summed E-state index contributed by atoms with van der Waals surface area (Å²) < 4.78 is 18.1. The van der Waals surface area contributed by atoms with Crippen molar-refractivity contribution >= 4 is 35.2 Å². The molecule has 12 atom stereocenters. The number of nitrogens with one attached hydrogen (secondary N) is 2. The van der Waals surface area contributed by atoms with Crippen LogP contribution in [0.3, 0.4) is 0 Å². The highest BCUT2D eigenvalue weighted by Crippen LogP contribution is 2.77. The molecule has 1 saturated heterocycles. The fourth-order valence-corrected chi connectivity index (χ4v) is 16.1. The summed E-state index contributed by atoms with van der Waals surface area (Å²) in [6, 6.07) is 5.05. The van der Waals surface area contributed by atoms with Crippen LogP contribution >= 0.6 is 11.6 Å². The highest BCUT2D eigenvalue weighted by Gasteiger charge is 2.71. The molecule has 0 radical (unpaired) electrons. The molecule has 7 aliphatic rings. The minimum Gasteiger partial charge on any atom is -0.487 e. The molecule has 1 heterocycles. The van der Waals surface area contributed by atoms with Gasteiger partial charge in [-0.2, -0.15) is 0 Å². The van der Waals surface area contributed by atoms with Crippen molar-refractivity contribution < 1.29 is 43.6 Å². The third-order valence-electron chi connectivity index (χ3n) is 19.9. The number of carboxylic acids is 1. The van der Waals surface area contributed by atoms with E-state index in [-0.39, 0.29) is 63.4 Å². The van der Waals surface area contributed by atoms with Gasteiger partial charge in [0, 0.05) is 47.3 Å². The molecule has 11 nitrogen and oxygen atoms in total. The minimum atomic E-state index is -0.842. The van der Waals surface area contributed by atoms with Crippen molar-refractivity contribution in [3.8, 4) is 5.75 Å². The van der Waals surface area contributed by atoms with Gasteiger partial charge in [0.05, 0.1) is 36.7 Å². The average Bonchev–Trinajstić information content (AvgIpc) is 3.84. The molecule has 8 rings (SSSR count). The first-order chi connectivity index (χ1) is 30.7. The summed E-state index contributed by atoms with van der Waals surface area (Å²) in [5.41, 5.74) is 0.325. The number of amides is 1. The number of ether oxygens (including phenoxy) is 3. The first-order valence-electron chi connectivity index (χ1n) is 25.2. The van der Waals surface area contributed by atoms with E-state index >= 15 is 0 Å². The minimum absolute atomic E-state index is 0.000744. The summed E-state index contributed by atoms with van der Waals surface area (Å²) >= 11 is 6.32. The number of carbonyl (C=O) groups is 4. The summed E-state index contributed by atoms with van der Waals surface area (Å²) in [7, 11) is 0. The molecule has 66 heavy (non-hydrogen) atoms. The van der Waals surface area contributed by atoms with E-state index in [9.17, 15) is 29.4 Å². The zero-order valence-electron chi connectivity index (χ0n) is 41.7. The van der Waals surface area contributed by atoms with Crippen LogP contribution in [0.2, 0.25) is 5.02 Å². The first-order valence-corrected chi connectivity index (χ1v) is 25.6. The highest BCUT2D eigenvalue weighted by molar-refractivity contribution is 6.30. The molecule has 0 unspecified atom stereocenters. The third kappa shape index (κ3) is 7.88. The summed E-state index contributed by atoms with van der Waals surface area (Å²) in [6.45, 7) is 25.9. The maximum absolute atomic E-state index is 14.3. The standard InChI is InChI=1S/C54H79ClN2O9/c1-30(2)43-37(58)26-54(41(59)27-56-29-48(3,4)57-45(60)33-13-12-31(55)24-38(33)65-32-18-23-64-28-32)22-21-52(10)34(44(43)54)14-15-40-51(9)19-17-42(50(7,8)39(51)16-20-53(40,52)11)66-47(63)36-25-35(46(61)62)49(36,5)6/h12-13,24,30,32,34-36,39-42,56,59H,14-23,25-29H2,1-11H3,(H,57,60)(H,61,62)/t32-,34+,35-,36+,39-,40+,41-,42-,51-,52+,53+,54-/m0/s1. The number of carbonyl (C=O) groups excluding carboxylic acids is 3. The van der Waals surface area contributed by atoms with Gasteiger partial charge in [0.15, 0.2) is 5.78 Å². The Balaban J connectivity index is 0.969. The van der Waals surface area contributed by atoms with Crippen LogP contribution in [0.5, 0.6) is 5.75 Å². The molecular weight excluding hydrogens is 856 g/mol. The number of aliphatic hydroxyl groups excluding tert-OH is 1. The maximum atomic E-state index is 14.3. The van der Waals surface area contributed by atoms with Crippen molar-refractivity contribution in [2.75, 3.05) is 26.3 Å². The molecule has 5 saturated carbocycles. The van der Waals surface area contributed by atoms with Crippen LogP contribution in [0, 0.1) is 68.0 Å². The van der Waals surface area contributed by atoms with Crippen LogP contribution in [0.15, 0.2) is 29.3 Å². The number of hydrogen-bond acceptors (Lipinski definition) is 9. The van der Waals surface area contributed by atoms with Crippen molar-refractivity contribution in [1.29, 1.82) is 0 Å². The predicted octanol–water partition coefficient (Wildman–Crippen LogP) is 9.61. The Morgan fingerprint density at radius 1 is 0.909 bits per heavy atom. The number of fused-ring (bicyclic) bond motifs is 7. The number of hydrogen-bond donors (Lipinski definition) is 4. The summed E-state index contributed by atoms with van der Waals surface area (Å²) in [4.78, 5) is 53.6. The van der Waals surface area contributed by atoms with Crippen LogP contribution in [0.4, 0.5) is 0 Å². The fraction of sp³-hybridized carbons (Fsp3) is 0.778. The van der Waals surface area contributed by atoms with Crippen LogP contribution in [0.25, 0.3) is 0 Å². The molecule has 0 aromatic heterocycles. The molecule has 6 fully saturated rings. The van der Waals surface area contributed by atoms with Gasteiger partial charge in [-0.25, -0.2) is 0 Å². The number of carboxylic acid groups (broad SMARTS) is 1. The Morgan fingerprint density at radius 2 is 1.64 bits per heavy atom. The predicted molar refractivity (Wildman–Crippen MR) is 254 cm³/mol. The summed E-state index contributed by atoms with van der Waals surface area (Å²) in [5.74, 6) is -0.646. The van der Waals surface area contributed by atoms with Crippen LogP contribution < -0.4 is 15.4 Å². The van der Waals surface area contributed by atoms with Gasteiger partial charge in [0.25, 0.3) is 5.91 Å². The van der Waals surface area contributed by atoms with E-state index in [2.05, 4.69) is 59.1 Å². The van der Waals surface area contributed by atoms with E-state index in [1.54, 1.807) is 18.2 Å². The summed E-state index contributed by atoms with van der Waals surface area (Å²) in [5, 5.41) is 29.4. The molecule has 1 amide bonds. The molecule has 366 valence electrons. The van der Waals surface area contributed by atoms with E-state index in [0.717, 1.165) is 63.4 Å². The molecular formula is C54H79ClN2O9. The van der Waals surface area contributed by atoms with E-state index in [0.29, 0.717) is 67.3 Å². The average molecular weight is 936 g/mol. The molecule has 1 aromatic rings. The van der Waals surface area contributed by atoms with E-state index in [4.69, 9.17) is 25.8 Å². The normalized spacial score (nSPS) is 38.3. The van der Waals surface area contributed by atoms with E-state index in [1.165, 1.54) is 5.57 Å². The van der Waals surface area contributed by atoms with Crippen molar-refractivity contribution in [3.63, 3.8) is 0 Å². The quantitative estimate of drug-likeness (QED) is 0.140. The Morgan fingerprint density at radius 3 is 2.29 bits per heavy atom. The van der Waals surface area contributed by atoms with E-state index in [1.807, 2.05) is 27.7 Å². The lowest BCUT2D eigenvalue weighted by molar-refractivity contribution is -0.238. The third-order valence-corrected chi connectivity index (χ3v) is 20.1. The molecule has 1 aliphatic heterocycles. The van der Waals surface area contributed by atoms with Gasteiger partial charge in [-0.15, -0.1) is 0 Å². The number of halogens is 1. The lowest BCUT2D eigenvalue weighted by atomic mass is 9.33. The first kappa shape index (κ1) is 49.4. The second kappa shape index (κ2) is 17.2. The second-order valence-corrected chi connectivity index (χ2v) is 25.3. The number of benzene rings is 1. The number of allylic oxidation sites excluding steroid dienone is 1. The monoisotopic (exact) mass is 935 g/mol. The van der Waals surface area contributed by atoms with Gasteiger partial charge >= 0.3 is 11.9 Å². The molecule has 4 N–H and O–H groups in total. The highest BCUT2D eigenvalue weighted by atomic mass is 35.5.